The molecule has 0 N–H and O–H groups in total. The predicted molar refractivity (Wildman–Crippen MR) is 62.6 cm³/mol. The molecular weight excluding hydrogens is 242 g/mol. The van der Waals surface area contributed by atoms with Crippen molar-refractivity contribution in [3.05, 3.63) is 16.5 Å². The highest BCUT2D eigenvalue weighted by Crippen LogP contribution is 2.16. The molecule has 1 heterocycles. The Balaban J connectivity index is 2.91. The lowest BCUT2D eigenvalue weighted by molar-refractivity contribution is 0.771. The van der Waals surface area contributed by atoms with E-state index in [1.54, 1.807) is 0 Å². The fourth-order valence-electron chi connectivity index (χ4n) is 1.38. The highest BCUT2D eigenvalue weighted by Gasteiger charge is 2.06. The van der Waals surface area contributed by atoms with Gasteiger partial charge >= 0.3 is 0 Å². The Bertz CT molecular complexity index is 281. The van der Waals surface area contributed by atoms with Crippen molar-refractivity contribution in [3.63, 3.8) is 0 Å². The molecule has 0 atom stereocenters. The van der Waals surface area contributed by atoms with E-state index < -0.39 is 0 Å². The molecule has 0 bridgehead atoms. The Kier molecular flexibility index (Phi) is 4.32. The molecule has 0 spiro atoms. The van der Waals surface area contributed by atoms with Crippen LogP contribution in [0.4, 0.5) is 5.82 Å². The second-order valence-electron chi connectivity index (χ2n) is 3.18. The van der Waals surface area contributed by atoms with E-state index in [4.69, 9.17) is 0 Å². The quantitative estimate of drug-likeness (QED) is 0.777. The van der Waals surface area contributed by atoms with Gasteiger partial charge in [0, 0.05) is 19.2 Å². The van der Waals surface area contributed by atoms with Crippen molar-refractivity contribution in [1.82, 2.24) is 9.97 Å². The molecule has 14 heavy (non-hydrogen) atoms. The number of hydrogen-bond donors (Lipinski definition) is 0. The molecule has 1 aromatic rings. The monoisotopic (exact) mass is 257 g/mol. The molecule has 0 fully saturated rings. The summed E-state index contributed by atoms with van der Waals surface area (Å²) in [6, 6.07) is 1.96. The molecule has 0 saturated carbocycles. The Morgan fingerprint density at radius 2 is 2.07 bits per heavy atom. The Labute approximate surface area is 93.7 Å². The molecule has 4 heteroatoms. The van der Waals surface area contributed by atoms with E-state index in [2.05, 4.69) is 44.6 Å². The highest BCUT2D eigenvalue weighted by molar-refractivity contribution is 9.10. The van der Waals surface area contributed by atoms with Crippen molar-refractivity contribution >= 4 is 21.7 Å². The largest absolute Gasteiger partial charge is 0.357 e. The fraction of sp³-hybridized carbons (Fsp3) is 0.600. The summed E-state index contributed by atoms with van der Waals surface area (Å²) in [6.45, 7) is 8.25. The first-order valence-corrected chi connectivity index (χ1v) is 5.72. The van der Waals surface area contributed by atoms with Gasteiger partial charge in [0.05, 0.1) is 0 Å². The van der Waals surface area contributed by atoms with Crippen LogP contribution in [0.25, 0.3) is 0 Å². The van der Waals surface area contributed by atoms with Gasteiger partial charge in [-0.15, -0.1) is 0 Å². The average Bonchev–Trinajstić information content (AvgIpc) is 2.12. The summed E-state index contributed by atoms with van der Waals surface area (Å²) in [5.41, 5.74) is 0. The zero-order chi connectivity index (χ0) is 10.6. The van der Waals surface area contributed by atoms with Crippen LogP contribution >= 0.6 is 15.9 Å². The highest BCUT2D eigenvalue weighted by atomic mass is 79.9. The second-order valence-corrected chi connectivity index (χ2v) is 3.99. The van der Waals surface area contributed by atoms with Gasteiger partial charge in [0.2, 0.25) is 0 Å². The zero-order valence-corrected chi connectivity index (χ0v) is 10.5. The number of rotatable bonds is 4. The molecular formula is C10H16BrN3. The molecule has 1 aromatic heterocycles. The van der Waals surface area contributed by atoms with E-state index in [-0.39, 0.29) is 0 Å². The molecule has 0 aliphatic carbocycles. The lowest BCUT2D eigenvalue weighted by Crippen LogP contribution is -2.24. The van der Waals surface area contributed by atoms with Crippen LogP contribution in [-0.2, 0) is 0 Å². The molecule has 0 saturated heterocycles. The number of aromatic nitrogens is 2. The Morgan fingerprint density at radius 3 is 2.57 bits per heavy atom. The summed E-state index contributed by atoms with van der Waals surface area (Å²) < 4.78 is 0.856. The maximum absolute atomic E-state index is 4.41. The number of hydrogen-bond acceptors (Lipinski definition) is 3. The van der Waals surface area contributed by atoms with Crippen LogP contribution in [0.15, 0.2) is 10.7 Å². The van der Waals surface area contributed by atoms with Crippen molar-refractivity contribution in [2.24, 2.45) is 0 Å². The van der Waals surface area contributed by atoms with Gasteiger partial charge in [-0.1, -0.05) is 6.92 Å². The van der Waals surface area contributed by atoms with E-state index in [1.807, 2.05) is 13.0 Å². The molecule has 0 aromatic carbocycles. The summed E-state index contributed by atoms with van der Waals surface area (Å²) in [4.78, 5) is 10.8. The molecule has 0 aliphatic rings. The van der Waals surface area contributed by atoms with Crippen molar-refractivity contribution < 1.29 is 0 Å². The van der Waals surface area contributed by atoms with Gasteiger partial charge in [-0.3, -0.25) is 0 Å². The SMILES string of the molecule is CCCN(CC)c1cc(Br)nc(C)n1. The molecule has 1 rings (SSSR count). The second kappa shape index (κ2) is 5.29. The molecule has 78 valence electrons. The average molecular weight is 258 g/mol. The normalized spacial score (nSPS) is 10.3. The summed E-state index contributed by atoms with van der Waals surface area (Å²) in [7, 11) is 0. The zero-order valence-electron chi connectivity index (χ0n) is 8.92. The standard InChI is InChI=1S/C10H16BrN3/c1-4-6-14(5-2)10-7-9(11)12-8(3)13-10/h7H,4-6H2,1-3H3. The first-order chi connectivity index (χ1) is 6.67. The molecule has 0 unspecified atom stereocenters. The minimum absolute atomic E-state index is 0.809. The van der Waals surface area contributed by atoms with Crippen molar-refractivity contribution in [1.29, 1.82) is 0 Å². The van der Waals surface area contributed by atoms with Crippen molar-refractivity contribution in [2.75, 3.05) is 18.0 Å². The smallest absolute Gasteiger partial charge is 0.133 e. The Hall–Kier alpha value is -0.640. The number of aryl methyl sites for hydroxylation is 1. The minimum Gasteiger partial charge on any atom is -0.357 e. The summed E-state index contributed by atoms with van der Waals surface area (Å²) in [5.74, 6) is 1.82. The van der Waals surface area contributed by atoms with Crippen LogP contribution in [0, 0.1) is 6.92 Å². The van der Waals surface area contributed by atoms with Crippen molar-refractivity contribution in [2.45, 2.75) is 27.2 Å². The molecule has 0 aliphatic heterocycles. The third-order valence-electron chi connectivity index (χ3n) is 1.99. The third kappa shape index (κ3) is 2.94. The number of halogens is 1. The minimum atomic E-state index is 0.809. The summed E-state index contributed by atoms with van der Waals surface area (Å²) in [5, 5.41) is 0. The fourth-order valence-corrected chi connectivity index (χ4v) is 1.84. The van der Waals surface area contributed by atoms with Crippen LogP contribution in [-0.4, -0.2) is 23.1 Å². The van der Waals surface area contributed by atoms with Crippen molar-refractivity contribution in [3.8, 4) is 0 Å². The third-order valence-corrected chi connectivity index (χ3v) is 2.40. The van der Waals surface area contributed by atoms with E-state index in [1.165, 1.54) is 0 Å². The lowest BCUT2D eigenvalue weighted by Gasteiger charge is -2.21. The maximum Gasteiger partial charge on any atom is 0.133 e. The van der Waals surface area contributed by atoms with E-state index >= 15 is 0 Å². The summed E-state index contributed by atoms with van der Waals surface area (Å²) >= 11 is 3.38. The van der Waals surface area contributed by atoms with E-state index in [0.29, 0.717) is 0 Å². The van der Waals surface area contributed by atoms with Gasteiger partial charge in [-0.2, -0.15) is 0 Å². The van der Waals surface area contributed by atoms with Gasteiger partial charge < -0.3 is 4.90 Å². The van der Waals surface area contributed by atoms with Gasteiger partial charge in [-0.25, -0.2) is 9.97 Å². The number of nitrogens with zero attached hydrogens (tertiary/aromatic N) is 3. The van der Waals surface area contributed by atoms with Crippen LogP contribution < -0.4 is 4.90 Å². The van der Waals surface area contributed by atoms with Gasteiger partial charge in [0.25, 0.3) is 0 Å². The van der Waals surface area contributed by atoms with Gasteiger partial charge in [-0.05, 0) is 36.2 Å². The molecule has 3 nitrogen and oxygen atoms in total. The topological polar surface area (TPSA) is 29.0 Å². The van der Waals surface area contributed by atoms with Crippen LogP contribution in [0.1, 0.15) is 26.1 Å². The maximum atomic E-state index is 4.41. The first-order valence-electron chi connectivity index (χ1n) is 4.93. The lowest BCUT2D eigenvalue weighted by atomic mass is 10.4. The Morgan fingerprint density at radius 1 is 1.36 bits per heavy atom. The number of anilines is 1. The van der Waals surface area contributed by atoms with E-state index in [9.17, 15) is 0 Å². The van der Waals surface area contributed by atoms with Gasteiger partial charge in [0.1, 0.15) is 16.2 Å². The summed E-state index contributed by atoms with van der Waals surface area (Å²) in [6.07, 6.45) is 1.13. The van der Waals surface area contributed by atoms with Crippen LogP contribution in [0.3, 0.4) is 0 Å². The first kappa shape index (κ1) is 11.4. The van der Waals surface area contributed by atoms with Gasteiger partial charge in [0.15, 0.2) is 0 Å². The van der Waals surface area contributed by atoms with Crippen LogP contribution in [0.2, 0.25) is 0 Å². The van der Waals surface area contributed by atoms with Crippen LogP contribution in [0.5, 0.6) is 0 Å². The predicted octanol–water partition coefficient (Wildman–Crippen LogP) is 2.78. The molecule has 0 radical (unpaired) electrons. The molecule has 0 amide bonds. The van der Waals surface area contributed by atoms with E-state index in [0.717, 1.165) is 35.8 Å².